The minimum atomic E-state index is -3.05. The van der Waals surface area contributed by atoms with Gasteiger partial charge in [0.05, 0.1) is 4.88 Å². The second kappa shape index (κ2) is 4.67. The van der Waals surface area contributed by atoms with Crippen LogP contribution in [-0.4, -0.2) is 34.3 Å². The van der Waals surface area contributed by atoms with Gasteiger partial charge in [0.25, 0.3) is 0 Å². The molecular formula is C8H10N4O2S3. The third-order valence-electron chi connectivity index (χ3n) is 2.07. The smallest absolute Gasteiger partial charge is 0.213 e. The number of nitrogens with zero attached hydrogens (tertiary/aromatic N) is 2. The number of hydrogen-bond acceptors (Lipinski definition) is 6. The lowest BCUT2D eigenvalue weighted by Crippen LogP contribution is -2.05. The molecule has 0 radical (unpaired) electrons. The largest absolute Gasteiger partial charge is 0.281 e. The number of H-pyrrole nitrogens is 2. The van der Waals surface area contributed by atoms with E-state index >= 15 is 0 Å². The normalized spacial score (nSPS) is 11.8. The number of rotatable bonds is 4. The molecular weight excluding hydrogens is 280 g/mol. The van der Waals surface area contributed by atoms with E-state index < -0.39 is 9.84 Å². The molecule has 0 aliphatic heterocycles. The van der Waals surface area contributed by atoms with Gasteiger partial charge < -0.3 is 0 Å². The number of hydrogen-bond donors (Lipinski definition) is 2. The van der Waals surface area contributed by atoms with Gasteiger partial charge in [0.1, 0.15) is 10.8 Å². The van der Waals surface area contributed by atoms with E-state index in [4.69, 9.17) is 12.2 Å². The highest BCUT2D eigenvalue weighted by atomic mass is 32.2. The van der Waals surface area contributed by atoms with Crippen molar-refractivity contribution in [3.05, 3.63) is 16.0 Å². The van der Waals surface area contributed by atoms with Crippen LogP contribution in [0.2, 0.25) is 0 Å². The summed E-state index contributed by atoms with van der Waals surface area (Å²) < 4.78 is 23.2. The maximum absolute atomic E-state index is 11.4. The molecule has 0 aliphatic carbocycles. The van der Waals surface area contributed by atoms with Crippen molar-refractivity contribution in [1.82, 2.24) is 20.2 Å². The molecule has 0 aliphatic rings. The number of sulfone groups is 1. The molecule has 0 atom stereocenters. The summed E-state index contributed by atoms with van der Waals surface area (Å²) in [4.78, 5) is 8.86. The first-order valence-corrected chi connectivity index (χ1v) is 7.85. The zero-order valence-corrected chi connectivity index (χ0v) is 11.4. The first kappa shape index (κ1) is 12.4. The van der Waals surface area contributed by atoms with Crippen molar-refractivity contribution in [2.45, 2.75) is 12.7 Å². The Hall–Kier alpha value is -1.06. The molecule has 0 amide bonds. The molecule has 0 fully saturated rings. The van der Waals surface area contributed by atoms with E-state index in [0.717, 1.165) is 4.88 Å². The minimum Gasteiger partial charge on any atom is -0.281 e. The average molecular weight is 290 g/mol. The molecule has 0 aromatic carbocycles. The molecule has 2 aromatic heterocycles. The van der Waals surface area contributed by atoms with Gasteiger partial charge in [0, 0.05) is 11.9 Å². The van der Waals surface area contributed by atoms with Crippen LogP contribution >= 0.6 is 23.6 Å². The van der Waals surface area contributed by atoms with Gasteiger partial charge in [-0.15, -0.1) is 11.3 Å². The Morgan fingerprint density at radius 3 is 2.82 bits per heavy atom. The molecule has 9 heteroatoms. The van der Waals surface area contributed by atoms with Crippen molar-refractivity contribution >= 4 is 33.4 Å². The van der Waals surface area contributed by atoms with Gasteiger partial charge in [-0.3, -0.25) is 10.2 Å². The molecule has 0 saturated carbocycles. The predicted octanol–water partition coefficient (Wildman–Crippen LogP) is 1.53. The molecule has 2 aromatic rings. The van der Waals surface area contributed by atoms with E-state index in [1.54, 1.807) is 13.1 Å². The van der Waals surface area contributed by atoms with Crippen molar-refractivity contribution in [2.75, 3.05) is 5.75 Å². The fourth-order valence-corrected chi connectivity index (χ4v) is 3.39. The summed E-state index contributed by atoms with van der Waals surface area (Å²) in [5, 5.41) is 6.03. The Kier molecular flexibility index (Phi) is 3.40. The highest BCUT2D eigenvalue weighted by molar-refractivity contribution is 7.90. The van der Waals surface area contributed by atoms with Gasteiger partial charge >= 0.3 is 0 Å². The summed E-state index contributed by atoms with van der Waals surface area (Å²) in [6.45, 7) is 1.62. The summed E-state index contributed by atoms with van der Waals surface area (Å²) in [6.07, 6.45) is 1.59. The SMILES string of the molecule is CCS(=O)(=O)Cc1ncc(-c2nc(=S)[nH][nH]2)s1. The Balaban J connectivity index is 2.25. The topological polar surface area (TPSA) is 91.5 Å². The van der Waals surface area contributed by atoms with E-state index in [2.05, 4.69) is 20.2 Å². The van der Waals surface area contributed by atoms with Crippen molar-refractivity contribution in [1.29, 1.82) is 0 Å². The Morgan fingerprint density at radius 2 is 2.24 bits per heavy atom. The predicted molar refractivity (Wildman–Crippen MR) is 68.0 cm³/mol. The first-order valence-electron chi connectivity index (χ1n) is 4.80. The molecule has 0 bridgehead atoms. The van der Waals surface area contributed by atoms with Gasteiger partial charge in [-0.05, 0) is 12.2 Å². The first-order chi connectivity index (χ1) is 8.00. The van der Waals surface area contributed by atoms with Crippen LogP contribution in [0.4, 0.5) is 0 Å². The van der Waals surface area contributed by atoms with Crippen molar-refractivity contribution in [3.63, 3.8) is 0 Å². The fraction of sp³-hybridized carbons (Fsp3) is 0.375. The second-order valence-corrected chi connectivity index (χ2v) is 7.17. The Labute approximate surface area is 107 Å². The van der Waals surface area contributed by atoms with Gasteiger partial charge in [-0.2, -0.15) is 4.98 Å². The summed E-state index contributed by atoms with van der Waals surface area (Å²) in [5.41, 5.74) is 0. The van der Waals surface area contributed by atoms with E-state index in [0.29, 0.717) is 15.6 Å². The maximum Gasteiger partial charge on any atom is 0.213 e. The number of thiazole rings is 1. The standard InChI is InChI=1S/C8H10N4O2S3/c1-2-17(13,14)4-6-9-3-5(16-6)7-10-8(15)12-11-7/h3H,2,4H2,1H3,(H2,10,11,12,15). The van der Waals surface area contributed by atoms with E-state index in [-0.39, 0.29) is 11.5 Å². The monoisotopic (exact) mass is 290 g/mol. The van der Waals surface area contributed by atoms with Crippen LogP contribution in [0.3, 0.4) is 0 Å². The van der Waals surface area contributed by atoms with Crippen LogP contribution in [0.5, 0.6) is 0 Å². The molecule has 0 saturated heterocycles. The van der Waals surface area contributed by atoms with Gasteiger partial charge in [0.2, 0.25) is 4.77 Å². The van der Waals surface area contributed by atoms with E-state index in [1.807, 2.05) is 0 Å². The van der Waals surface area contributed by atoms with Crippen LogP contribution in [0, 0.1) is 4.77 Å². The lowest BCUT2D eigenvalue weighted by molar-refractivity contribution is 0.596. The van der Waals surface area contributed by atoms with Crippen LogP contribution < -0.4 is 0 Å². The molecule has 6 nitrogen and oxygen atoms in total. The molecule has 2 N–H and O–H groups in total. The fourth-order valence-electron chi connectivity index (χ4n) is 1.16. The molecule has 0 spiro atoms. The summed E-state index contributed by atoms with van der Waals surface area (Å²) in [6, 6.07) is 0. The molecule has 2 rings (SSSR count). The van der Waals surface area contributed by atoms with Crippen molar-refractivity contribution in [2.24, 2.45) is 0 Å². The summed E-state index contributed by atoms with van der Waals surface area (Å²) in [5.74, 6) is 0.666. The zero-order chi connectivity index (χ0) is 12.5. The summed E-state index contributed by atoms with van der Waals surface area (Å²) >= 11 is 6.13. The van der Waals surface area contributed by atoms with Crippen LogP contribution in [-0.2, 0) is 15.6 Å². The lowest BCUT2D eigenvalue weighted by atomic mass is 10.5. The highest BCUT2D eigenvalue weighted by Crippen LogP contribution is 2.23. The quantitative estimate of drug-likeness (QED) is 0.833. The van der Waals surface area contributed by atoms with Gasteiger partial charge in [-0.25, -0.2) is 13.4 Å². The van der Waals surface area contributed by atoms with Crippen molar-refractivity contribution < 1.29 is 8.42 Å². The third-order valence-corrected chi connectivity index (χ3v) is 5.04. The summed E-state index contributed by atoms with van der Waals surface area (Å²) in [7, 11) is -3.05. The Bertz CT molecular complexity index is 667. The second-order valence-electron chi connectivity index (χ2n) is 3.31. The van der Waals surface area contributed by atoms with Crippen LogP contribution in [0.15, 0.2) is 6.20 Å². The molecule has 2 heterocycles. The lowest BCUT2D eigenvalue weighted by Gasteiger charge is -1.95. The van der Waals surface area contributed by atoms with E-state index in [9.17, 15) is 8.42 Å². The average Bonchev–Trinajstić information content (AvgIpc) is 2.86. The number of aromatic nitrogens is 4. The van der Waals surface area contributed by atoms with Gasteiger partial charge in [0.15, 0.2) is 15.7 Å². The zero-order valence-electron chi connectivity index (χ0n) is 8.93. The number of aromatic amines is 2. The maximum atomic E-state index is 11.4. The van der Waals surface area contributed by atoms with E-state index in [1.165, 1.54) is 11.3 Å². The van der Waals surface area contributed by atoms with Crippen molar-refractivity contribution in [3.8, 4) is 10.7 Å². The molecule has 92 valence electrons. The third kappa shape index (κ3) is 2.99. The Morgan fingerprint density at radius 1 is 1.47 bits per heavy atom. The molecule has 17 heavy (non-hydrogen) atoms. The highest BCUT2D eigenvalue weighted by Gasteiger charge is 2.13. The number of nitrogens with one attached hydrogen (secondary N) is 2. The molecule has 0 unspecified atom stereocenters. The van der Waals surface area contributed by atoms with Crippen LogP contribution in [0.25, 0.3) is 10.7 Å². The minimum absolute atomic E-state index is 0.0285. The van der Waals surface area contributed by atoms with Gasteiger partial charge in [-0.1, -0.05) is 6.92 Å². The van der Waals surface area contributed by atoms with Crippen LogP contribution in [0.1, 0.15) is 11.9 Å².